The monoisotopic (exact) mass is 288 g/mol. The number of rotatable bonds is 2. The van der Waals surface area contributed by atoms with E-state index < -0.39 is 22.1 Å². The lowest BCUT2D eigenvalue weighted by Crippen LogP contribution is -2.30. The number of nitrogens with one attached hydrogen (secondary N) is 1. The predicted octanol–water partition coefficient (Wildman–Crippen LogP) is -0.565. The van der Waals surface area contributed by atoms with Gasteiger partial charge in [0.1, 0.15) is 0 Å². The van der Waals surface area contributed by atoms with E-state index in [0.717, 1.165) is 0 Å². The van der Waals surface area contributed by atoms with E-state index in [9.17, 15) is 18.0 Å². The minimum absolute atomic E-state index is 0.169. The van der Waals surface area contributed by atoms with Crippen molar-refractivity contribution < 1.29 is 18.0 Å². The Kier molecular flexibility index (Phi) is 6.88. The Morgan fingerprint density at radius 3 is 1.74 bits per heavy atom. The van der Waals surface area contributed by atoms with Crippen molar-refractivity contribution >= 4 is 22.1 Å². The normalized spacial score (nSPS) is 10.6. The number of nitrogens with two attached hydrogens (primary N) is 3. The molecule has 0 atom stereocenters. The molecule has 11 heteroatoms. The third kappa shape index (κ3) is 7.54. The first-order chi connectivity index (χ1) is 8.79. The van der Waals surface area contributed by atoms with Gasteiger partial charge >= 0.3 is 12.1 Å². The minimum Gasteiger partial charge on any atom is -0.348 e. The Labute approximate surface area is 108 Å². The van der Waals surface area contributed by atoms with Crippen LogP contribution >= 0.6 is 0 Å². The SMILES string of the molecule is NC(=O)/N=N/C(N)=O.NNS(=O)(=O)c1ccccc1. The van der Waals surface area contributed by atoms with Crippen LogP contribution < -0.4 is 22.1 Å². The van der Waals surface area contributed by atoms with Crippen molar-refractivity contribution in [2.24, 2.45) is 27.5 Å². The van der Waals surface area contributed by atoms with Gasteiger partial charge in [-0.1, -0.05) is 28.4 Å². The average molecular weight is 288 g/mol. The van der Waals surface area contributed by atoms with Gasteiger partial charge in [-0.2, -0.15) is 4.83 Å². The van der Waals surface area contributed by atoms with E-state index in [4.69, 9.17) is 5.84 Å². The molecule has 0 radical (unpaired) electrons. The lowest BCUT2D eigenvalue weighted by Gasteiger charge is -1.99. The third-order valence-corrected chi connectivity index (χ3v) is 2.66. The fraction of sp³-hybridized carbons (Fsp3) is 0. The third-order valence-electron chi connectivity index (χ3n) is 1.46. The van der Waals surface area contributed by atoms with E-state index in [1.165, 1.54) is 12.1 Å². The number of carbonyl (C=O) groups is 2. The molecule has 0 aliphatic heterocycles. The number of nitrogens with zero attached hydrogens (tertiary/aromatic N) is 2. The van der Waals surface area contributed by atoms with Crippen molar-refractivity contribution in [3.63, 3.8) is 0 Å². The summed E-state index contributed by atoms with van der Waals surface area (Å²) in [6, 6.07) is 5.85. The molecule has 1 rings (SSSR count). The number of hydrazine groups is 1. The second-order valence-electron chi connectivity index (χ2n) is 2.81. The molecule has 0 heterocycles. The number of primary amides is 2. The van der Waals surface area contributed by atoms with Crippen molar-refractivity contribution in [3.05, 3.63) is 30.3 Å². The molecule has 1 aromatic rings. The molecule has 104 valence electrons. The van der Waals surface area contributed by atoms with Gasteiger partial charge in [-0.05, 0) is 12.1 Å². The molecule has 7 N–H and O–H groups in total. The Bertz CT molecular complexity index is 540. The summed E-state index contributed by atoms with van der Waals surface area (Å²) in [7, 11) is -3.47. The van der Waals surface area contributed by atoms with E-state index in [-0.39, 0.29) is 4.90 Å². The lowest BCUT2D eigenvalue weighted by molar-refractivity contribution is 0.249. The van der Waals surface area contributed by atoms with Gasteiger partial charge in [0.25, 0.3) is 10.0 Å². The Morgan fingerprint density at radius 2 is 1.42 bits per heavy atom. The van der Waals surface area contributed by atoms with Crippen molar-refractivity contribution in [3.8, 4) is 0 Å². The molecule has 0 saturated heterocycles. The number of carbonyl (C=O) groups excluding carboxylic acids is 2. The highest BCUT2D eigenvalue weighted by Crippen LogP contribution is 2.04. The summed E-state index contributed by atoms with van der Waals surface area (Å²) in [4.78, 5) is 21.2. The molecule has 1 aromatic carbocycles. The lowest BCUT2D eigenvalue weighted by atomic mass is 10.4. The quantitative estimate of drug-likeness (QED) is 0.322. The van der Waals surface area contributed by atoms with Crippen LogP contribution in [0.5, 0.6) is 0 Å². The van der Waals surface area contributed by atoms with Crippen LogP contribution in [0.4, 0.5) is 9.59 Å². The first kappa shape index (κ1) is 16.6. The zero-order valence-electron chi connectivity index (χ0n) is 9.55. The van der Waals surface area contributed by atoms with Crippen LogP contribution in [0.25, 0.3) is 0 Å². The Balaban J connectivity index is 0.000000362. The number of urea groups is 2. The summed E-state index contributed by atoms with van der Waals surface area (Å²) in [6.45, 7) is 0. The minimum atomic E-state index is -3.47. The molecule has 0 fully saturated rings. The molecule has 0 spiro atoms. The molecule has 0 unspecified atom stereocenters. The average Bonchev–Trinajstić information content (AvgIpc) is 2.38. The van der Waals surface area contributed by atoms with Crippen LogP contribution in [0.3, 0.4) is 0 Å². The molecule has 0 aliphatic rings. The van der Waals surface area contributed by atoms with Crippen LogP contribution in [0.2, 0.25) is 0 Å². The molecule has 4 amide bonds. The first-order valence-corrected chi connectivity index (χ1v) is 6.06. The fourth-order valence-electron chi connectivity index (χ4n) is 0.766. The van der Waals surface area contributed by atoms with E-state index in [2.05, 4.69) is 21.7 Å². The van der Waals surface area contributed by atoms with Crippen molar-refractivity contribution in [2.45, 2.75) is 4.90 Å². The molecular formula is C8H12N6O4S. The molecular weight excluding hydrogens is 276 g/mol. The summed E-state index contributed by atoms with van der Waals surface area (Å²) in [5.41, 5.74) is 8.87. The van der Waals surface area contributed by atoms with Crippen molar-refractivity contribution in [1.82, 2.24) is 4.83 Å². The summed E-state index contributed by atoms with van der Waals surface area (Å²) >= 11 is 0. The van der Waals surface area contributed by atoms with Crippen LogP contribution in [0.1, 0.15) is 0 Å². The summed E-state index contributed by atoms with van der Waals surface area (Å²) in [6.07, 6.45) is 0. The van der Waals surface area contributed by atoms with E-state index >= 15 is 0 Å². The summed E-state index contributed by atoms with van der Waals surface area (Å²) in [5, 5.41) is 5.23. The topological polar surface area (TPSA) is 183 Å². The second-order valence-corrected chi connectivity index (χ2v) is 4.52. The predicted molar refractivity (Wildman–Crippen MR) is 65.0 cm³/mol. The highest BCUT2D eigenvalue weighted by molar-refractivity contribution is 7.89. The van der Waals surface area contributed by atoms with E-state index in [1.807, 2.05) is 0 Å². The Hall–Kier alpha value is -2.37. The standard InChI is InChI=1S/C6H8N2O2S.C2H4N4O2/c7-8-11(9,10)6-4-2-1-3-5-6;3-1(7)5-6-2(4)8/h1-5,8H,7H2;(H2,3,7)(H2,4,8)/b;6-5+. The first-order valence-electron chi connectivity index (χ1n) is 4.57. The van der Waals surface area contributed by atoms with Crippen LogP contribution in [-0.2, 0) is 10.0 Å². The van der Waals surface area contributed by atoms with Gasteiger partial charge in [-0.15, -0.1) is 0 Å². The molecule has 19 heavy (non-hydrogen) atoms. The molecule has 0 saturated carbocycles. The maximum atomic E-state index is 11.0. The van der Waals surface area contributed by atoms with Crippen LogP contribution in [-0.4, -0.2) is 20.5 Å². The van der Waals surface area contributed by atoms with Gasteiger partial charge in [-0.25, -0.2) is 18.0 Å². The number of hydrogen-bond acceptors (Lipinski definition) is 5. The van der Waals surface area contributed by atoms with Gasteiger partial charge in [0.2, 0.25) is 0 Å². The van der Waals surface area contributed by atoms with Gasteiger partial charge in [0.05, 0.1) is 4.90 Å². The second kappa shape index (κ2) is 7.86. The molecule has 10 nitrogen and oxygen atoms in total. The number of azo groups is 1. The molecule has 0 aromatic heterocycles. The smallest absolute Gasteiger partial charge is 0.348 e. The number of hydrogen-bond donors (Lipinski definition) is 4. The van der Waals surface area contributed by atoms with Gasteiger partial charge in [0.15, 0.2) is 0 Å². The van der Waals surface area contributed by atoms with Gasteiger partial charge in [0, 0.05) is 0 Å². The highest BCUT2D eigenvalue weighted by atomic mass is 32.2. The van der Waals surface area contributed by atoms with Gasteiger partial charge in [-0.3, -0.25) is 5.84 Å². The van der Waals surface area contributed by atoms with Crippen LogP contribution in [0.15, 0.2) is 45.5 Å². The number of benzene rings is 1. The maximum absolute atomic E-state index is 11.0. The van der Waals surface area contributed by atoms with Crippen LogP contribution in [0, 0.1) is 0 Å². The number of amides is 4. The van der Waals surface area contributed by atoms with Gasteiger partial charge < -0.3 is 11.5 Å². The fourth-order valence-corrected chi connectivity index (χ4v) is 1.42. The largest absolute Gasteiger partial charge is 0.357 e. The Morgan fingerprint density at radius 1 is 1.00 bits per heavy atom. The van der Waals surface area contributed by atoms with Crippen molar-refractivity contribution in [1.29, 1.82) is 0 Å². The maximum Gasteiger partial charge on any atom is 0.357 e. The molecule has 0 aliphatic carbocycles. The van der Waals surface area contributed by atoms with E-state index in [1.54, 1.807) is 23.0 Å². The molecule has 0 bridgehead atoms. The van der Waals surface area contributed by atoms with Crippen molar-refractivity contribution in [2.75, 3.05) is 0 Å². The zero-order chi connectivity index (χ0) is 14.9. The van der Waals surface area contributed by atoms with E-state index in [0.29, 0.717) is 0 Å². The zero-order valence-corrected chi connectivity index (χ0v) is 10.4. The number of sulfonamides is 1. The summed E-state index contributed by atoms with van der Waals surface area (Å²) in [5.74, 6) is 4.80. The summed E-state index contributed by atoms with van der Waals surface area (Å²) < 4.78 is 21.9. The highest BCUT2D eigenvalue weighted by Gasteiger charge is 2.08.